The van der Waals surface area contributed by atoms with Crippen molar-refractivity contribution in [1.82, 2.24) is 5.32 Å². The lowest BCUT2D eigenvalue weighted by atomic mass is 10.0. The van der Waals surface area contributed by atoms with E-state index in [1.54, 1.807) is 11.3 Å². The van der Waals surface area contributed by atoms with Crippen molar-refractivity contribution in [3.05, 3.63) is 58.0 Å². The summed E-state index contributed by atoms with van der Waals surface area (Å²) in [5.41, 5.74) is 3.48. The maximum atomic E-state index is 5.63. The summed E-state index contributed by atoms with van der Waals surface area (Å²) in [5, 5.41) is 6.71. The number of fused-ring (bicyclic) bond motifs is 1. The van der Waals surface area contributed by atoms with Gasteiger partial charge in [0, 0.05) is 15.8 Å². The highest BCUT2D eigenvalue weighted by molar-refractivity contribution is 7.10. The number of furan rings is 1. The molecule has 0 saturated carbocycles. The molecule has 2 aromatic heterocycles. The Kier molecular flexibility index (Phi) is 2.94. The minimum atomic E-state index is 0.202. The molecule has 0 radical (unpaired) electrons. The SMILES string of the molecule is CNC(c1sccc1C)c1coc2ccccc12. The van der Waals surface area contributed by atoms with Crippen LogP contribution in [0.2, 0.25) is 0 Å². The average Bonchev–Trinajstić information content (AvgIpc) is 2.99. The Morgan fingerprint density at radius 1 is 1.22 bits per heavy atom. The van der Waals surface area contributed by atoms with E-state index in [1.807, 2.05) is 25.4 Å². The lowest BCUT2D eigenvalue weighted by Gasteiger charge is -2.14. The van der Waals surface area contributed by atoms with Crippen molar-refractivity contribution < 1.29 is 4.42 Å². The van der Waals surface area contributed by atoms with Gasteiger partial charge in [-0.25, -0.2) is 0 Å². The molecule has 0 spiro atoms. The highest BCUT2D eigenvalue weighted by Gasteiger charge is 2.19. The van der Waals surface area contributed by atoms with Gasteiger partial charge in [0.05, 0.1) is 12.3 Å². The fraction of sp³-hybridized carbons (Fsp3) is 0.200. The molecule has 92 valence electrons. The molecule has 1 atom stereocenters. The number of hydrogen-bond acceptors (Lipinski definition) is 3. The van der Waals surface area contributed by atoms with E-state index in [4.69, 9.17) is 4.42 Å². The summed E-state index contributed by atoms with van der Waals surface area (Å²) in [6, 6.07) is 10.5. The normalized spacial score (nSPS) is 13.0. The van der Waals surface area contributed by atoms with Crippen LogP contribution in [0.3, 0.4) is 0 Å². The molecule has 3 heteroatoms. The summed E-state index contributed by atoms with van der Waals surface area (Å²) in [6.45, 7) is 2.15. The van der Waals surface area contributed by atoms with Crippen LogP contribution in [0.1, 0.15) is 22.0 Å². The first-order chi connectivity index (χ1) is 8.81. The number of para-hydroxylation sites is 1. The molecule has 0 fully saturated rings. The first kappa shape index (κ1) is 11.5. The predicted octanol–water partition coefficient (Wildman–Crippen LogP) is 4.11. The van der Waals surface area contributed by atoms with Gasteiger partial charge in [-0.1, -0.05) is 18.2 Å². The number of aryl methyl sites for hydroxylation is 1. The zero-order valence-corrected chi connectivity index (χ0v) is 11.3. The van der Waals surface area contributed by atoms with Crippen molar-refractivity contribution in [2.24, 2.45) is 0 Å². The van der Waals surface area contributed by atoms with Crippen LogP contribution in [0.5, 0.6) is 0 Å². The van der Waals surface area contributed by atoms with Gasteiger partial charge in [0.25, 0.3) is 0 Å². The van der Waals surface area contributed by atoms with Gasteiger partial charge < -0.3 is 9.73 Å². The Morgan fingerprint density at radius 2 is 2.06 bits per heavy atom. The van der Waals surface area contributed by atoms with E-state index < -0.39 is 0 Å². The van der Waals surface area contributed by atoms with E-state index in [0.29, 0.717) is 0 Å². The van der Waals surface area contributed by atoms with Gasteiger partial charge >= 0.3 is 0 Å². The summed E-state index contributed by atoms with van der Waals surface area (Å²) in [7, 11) is 1.99. The molecule has 3 rings (SSSR count). The van der Waals surface area contributed by atoms with E-state index in [2.05, 4.69) is 35.8 Å². The van der Waals surface area contributed by atoms with Crippen molar-refractivity contribution in [2.45, 2.75) is 13.0 Å². The van der Waals surface area contributed by atoms with Gasteiger partial charge in [-0.15, -0.1) is 11.3 Å². The number of benzene rings is 1. The van der Waals surface area contributed by atoms with Gasteiger partial charge in [-0.05, 0) is 37.0 Å². The molecule has 3 aromatic rings. The van der Waals surface area contributed by atoms with Crippen LogP contribution in [0.25, 0.3) is 11.0 Å². The third-order valence-electron chi connectivity index (χ3n) is 3.27. The third kappa shape index (κ3) is 1.76. The zero-order valence-electron chi connectivity index (χ0n) is 10.4. The second-order valence-electron chi connectivity index (χ2n) is 4.38. The second-order valence-corrected chi connectivity index (χ2v) is 5.32. The first-order valence-corrected chi connectivity index (χ1v) is 6.86. The quantitative estimate of drug-likeness (QED) is 0.763. The smallest absolute Gasteiger partial charge is 0.134 e. The summed E-state index contributed by atoms with van der Waals surface area (Å²) in [4.78, 5) is 1.35. The van der Waals surface area contributed by atoms with E-state index >= 15 is 0 Å². The number of nitrogens with one attached hydrogen (secondary N) is 1. The summed E-state index contributed by atoms with van der Waals surface area (Å²) >= 11 is 1.78. The molecule has 1 aromatic carbocycles. The Hall–Kier alpha value is -1.58. The molecule has 18 heavy (non-hydrogen) atoms. The second kappa shape index (κ2) is 4.59. The molecule has 0 amide bonds. The number of thiophene rings is 1. The molecule has 0 aliphatic heterocycles. The first-order valence-electron chi connectivity index (χ1n) is 5.98. The van der Waals surface area contributed by atoms with Gasteiger partial charge in [0.2, 0.25) is 0 Å². The van der Waals surface area contributed by atoms with Crippen molar-refractivity contribution in [1.29, 1.82) is 0 Å². The van der Waals surface area contributed by atoms with E-state index in [-0.39, 0.29) is 6.04 Å². The van der Waals surface area contributed by atoms with Crippen molar-refractivity contribution in [3.8, 4) is 0 Å². The minimum Gasteiger partial charge on any atom is -0.464 e. The summed E-state index contributed by atoms with van der Waals surface area (Å²) in [6.07, 6.45) is 1.87. The minimum absolute atomic E-state index is 0.202. The van der Waals surface area contributed by atoms with Crippen LogP contribution < -0.4 is 5.32 Å². The molecular formula is C15H15NOS. The molecular weight excluding hydrogens is 242 g/mol. The standard InChI is InChI=1S/C15H15NOS/c1-10-7-8-18-15(10)14(16-2)12-9-17-13-6-4-3-5-11(12)13/h3-9,14,16H,1-2H3. The molecule has 1 unspecified atom stereocenters. The predicted molar refractivity (Wildman–Crippen MR) is 76.2 cm³/mol. The lowest BCUT2D eigenvalue weighted by Crippen LogP contribution is -2.16. The van der Waals surface area contributed by atoms with E-state index in [9.17, 15) is 0 Å². The summed E-state index contributed by atoms with van der Waals surface area (Å²) < 4.78 is 5.63. The molecule has 1 N–H and O–H groups in total. The topological polar surface area (TPSA) is 25.2 Å². The molecule has 0 aliphatic carbocycles. The average molecular weight is 257 g/mol. The van der Waals surface area contributed by atoms with Gasteiger partial charge in [-0.2, -0.15) is 0 Å². The van der Waals surface area contributed by atoms with Crippen molar-refractivity contribution in [2.75, 3.05) is 7.05 Å². The Labute approximate surface area is 110 Å². The van der Waals surface area contributed by atoms with Crippen LogP contribution >= 0.6 is 11.3 Å². The molecule has 2 heterocycles. The molecule has 0 bridgehead atoms. The Bertz CT molecular complexity index is 668. The molecule has 0 saturated heterocycles. The van der Waals surface area contributed by atoms with Crippen molar-refractivity contribution in [3.63, 3.8) is 0 Å². The fourth-order valence-corrected chi connectivity index (χ4v) is 3.38. The van der Waals surface area contributed by atoms with Crippen LogP contribution in [-0.2, 0) is 0 Å². The summed E-state index contributed by atoms with van der Waals surface area (Å²) in [5.74, 6) is 0. The lowest BCUT2D eigenvalue weighted by molar-refractivity contribution is 0.598. The largest absolute Gasteiger partial charge is 0.464 e. The van der Waals surface area contributed by atoms with Crippen LogP contribution in [0, 0.1) is 6.92 Å². The van der Waals surface area contributed by atoms with Gasteiger partial charge in [0.15, 0.2) is 0 Å². The van der Waals surface area contributed by atoms with E-state index in [0.717, 1.165) is 5.58 Å². The number of rotatable bonds is 3. The fourth-order valence-electron chi connectivity index (χ4n) is 2.33. The van der Waals surface area contributed by atoms with Crippen molar-refractivity contribution >= 4 is 22.3 Å². The number of hydrogen-bond donors (Lipinski definition) is 1. The maximum absolute atomic E-state index is 5.63. The van der Waals surface area contributed by atoms with Crippen LogP contribution in [-0.4, -0.2) is 7.05 Å². The highest BCUT2D eigenvalue weighted by atomic mass is 32.1. The third-order valence-corrected chi connectivity index (χ3v) is 4.36. The maximum Gasteiger partial charge on any atom is 0.134 e. The zero-order chi connectivity index (χ0) is 12.5. The Morgan fingerprint density at radius 3 is 2.78 bits per heavy atom. The Balaban J connectivity index is 2.15. The van der Waals surface area contributed by atoms with Crippen LogP contribution in [0.15, 0.2) is 46.4 Å². The van der Waals surface area contributed by atoms with Crippen LogP contribution in [0.4, 0.5) is 0 Å². The molecule has 0 aliphatic rings. The highest BCUT2D eigenvalue weighted by Crippen LogP contribution is 2.34. The van der Waals surface area contributed by atoms with Gasteiger partial charge in [0.1, 0.15) is 5.58 Å². The monoisotopic (exact) mass is 257 g/mol. The van der Waals surface area contributed by atoms with E-state index in [1.165, 1.54) is 21.4 Å². The van der Waals surface area contributed by atoms with Gasteiger partial charge in [-0.3, -0.25) is 0 Å². The molecule has 2 nitrogen and oxygen atoms in total.